The maximum atomic E-state index is 11.9. The lowest BCUT2D eigenvalue weighted by atomic mass is 10.1. The van der Waals surface area contributed by atoms with Gasteiger partial charge in [-0.25, -0.2) is 0 Å². The van der Waals surface area contributed by atoms with Gasteiger partial charge in [0, 0.05) is 12.6 Å². The van der Waals surface area contributed by atoms with Gasteiger partial charge < -0.3 is 15.4 Å². The van der Waals surface area contributed by atoms with E-state index in [0.29, 0.717) is 6.42 Å². The predicted molar refractivity (Wildman–Crippen MR) is 78.0 cm³/mol. The molecule has 0 radical (unpaired) electrons. The van der Waals surface area contributed by atoms with E-state index in [0.717, 1.165) is 37.2 Å². The summed E-state index contributed by atoms with van der Waals surface area (Å²) < 4.78 is 5.14. The highest BCUT2D eigenvalue weighted by Crippen LogP contribution is 2.13. The molecule has 1 fully saturated rings. The Balaban J connectivity index is 0.00000180. The zero-order valence-electron chi connectivity index (χ0n) is 11.1. The Kier molecular flexibility index (Phi) is 6.67. The van der Waals surface area contributed by atoms with Gasteiger partial charge in [0.2, 0.25) is 5.91 Å². The Labute approximate surface area is 120 Å². The molecule has 1 aliphatic rings. The van der Waals surface area contributed by atoms with Crippen LogP contribution in [-0.4, -0.2) is 32.1 Å². The van der Waals surface area contributed by atoms with Gasteiger partial charge in [0.05, 0.1) is 13.5 Å². The van der Waals surface area contributed by atoms with Crippen molar-refractivity contribution in [3.63, 3.8) is 0 Å². The monoisotopic (exact) mass is 284 g/mol. The number of hydrogen-bond acceptors (Lipinski definition) is 3. The van der Waals surface area contributed by atoms with Crippen molar-refractivity contribution in [1.82, 2.24) is 10.6 Å². The molecule has 2 rings (SSSR count). The number of hydrogen-bond donors (Lipinski definition) is 2. The summed E-state index contributed by atoms with van der Waals surface area (Å²) in [6.45, 7) is 1.94. The number of ether oxygens (including phenoxy) is 1. The van der Waals surface area contributed by atoms with Crippen molar-refractivity contribution in [3.8, 4) is 5.75 Å². The molecule has 0 aliphatic carbocycles. The molecule has 0 saturated carbocycles. The van der Waals surface area contributed by atoms with Crippen LogP contribution in [0.5, 0.6) is 5.75 Å². The van der Waals surface area contributed by atoms with Crippen LogP contribution in [-0.2, 0) is 11.2 Å². The minimum absolute atomic E-state index is 0. The summed E-state index contributed by atoms with van der Waals surface area (Å²) in [5.41, 5.74) is 0.982. The minimum atomic E-state index is 0. The maximum absolute atomic E-state index is 11.9. The van der Waals surface area contributed by atoms with Crippen LogP contribution in [0.3, 0.4) is 0 Å². The van der Waals surface area contributed by atoms with E-state index in [1.807, 2.05) is 24.3 Å². The van der Waals surface area contributed by atoms with Crippen LogP contribution < -0.4 is 15.4 Å². The summed E-state index contributed by atoms with van der Waals surface area (Å²) in [6, 6.07) is 7.91. The van der Waals surface area contributed by atoms with Crippen LogP contribution in [0.15, 0.2) is 24.3 Å². The molecule has 1 amide bonds. The molecule has 1 aliphatic heterocycles. The minimum Gasteiger partial charge on any atom is -0.497 e. The standard InChI is InChI=1S/C14H20N2O2.ClH/c1-18-13-6-2-4-11(8-13)9-14(17)16-12-5-3-7-15-10-12;/h2,4,6,8,12,15H,3,5,7,9-10H2,1H3,(H,16,17);1H/t12-;/m0./s1. The smallest absolute Gasteiger partial charge is 0.224 e. The molecule has 0 unspecified atom stereocenters. The zero-order chi connectivity index (χ0) is 12.8. The van der Waals surface area contributed by atoms with Gasteiger partial charge in [-0.3, -0.25) is 4.79 Å². The Morgan fingerprint density at radius 3 is 3.05 bits per heavy atom. The quantitative estimate of drug-likeness (QED) is 0.882. The molecular weight excluding hydrogens is 264 g/mol. The Morgan fingerprint density at radius 1 is 1.53 bits per heavy atom. The average Bonchev–Trinajstić information content (AvgIpc) is 2.40. The third-order valence-corrected chi connectivity index (χ3v) is 3.16. The van der Waals surface area contributed by atoms with Crippen molar-refractivity contribution in [1.29, 1.82) is 0 Å². The van der Waals surface area contributed by atoms with E-state index < -0.39 is 0 Å². The van der Waals surface area contributed by atoms with Gasteiger partial charge in [-0.1, -0.05) is 12.1 Å². The number of carbonyl (C=O) groups is 1. The molecular formula is C14H21ClN2O2. The molecule has 1 atom stereocenters. The first-order valence-electron chi connectivity index (χ1n) is 6.41. The van der Waals surface area contributed by atoms with Crippen LogP contribution in [0.4, 0.5) is 0 Å². The highest BCUT2D eigenvalue weighted by atomic mass is 35.5. The largest absolute Gasteiger partial charge is 0.497 e. The van der Waals surface area contributed by atoms with Crippen LogP contribution in [0.25, 0.3) is 0 Å². The highest BCUT2D eigenvalue weighted by Gasteiger charge is 2.15. The van der Waals surface area contributed by atoms with Crippen molar-refractivity contribution in [2.24, 2.45) is 0 Å². The Morgan fingerprint density at radius 2 is 2.37 bits per heavy atom. The number of carbonyl (C=O) groups excluding carboxylic acids is 1. The van der Waals surface area contributed by atoms with Crippen molar-refractivity contribution in [2.45, 2.75) is 25.3 Å². The van der Waals surface area contributed by atoms with Crippen molar-refractivity contribution < 1.29 is 9.53 Å². The van der Waals surface area contributed by atoms with Gasteiger partial charge in [-0.05, 0) is 37.1 Å². The average molecular weight is 285 g/mol. The molecule has 106 valence electrons. The molecule has 0 aromatic heterocycles. The fourth-order valence-corrected chi connectivity index (χ4v) is 2.22. The van der Waals surface area contributed by atoms with E-state index in [-0.39, 0.29) is 24.4 Å². The van der Waals surface area contributed by atoms with Gasteiger partial charge >= 0.3 is 0 Å². The van der Waals surface area contributed by atoms with E-state index in [9.17, 15) is 4.79 Å². The second-order valence-electron chi connectivity index (χ2n) is 4.64. The number of nitrogens with one attached hydrogen (secondary N) is 2. The fourth-order valence-electron chi connectivity index (χ4n) is 2.22. The van der Waals surface area contributed by atoms with Gasteiger partial charge in [0.1, 0.15) is 5.75 Å². The van der Waals surface area contributed by atoms with Gasteiger partial charge in [-0.15, -0.1) is 12.4 Å². The predicted octanol–water partition coefficient (Wildman–Crippen LogP) is 1.53. The number of rotatable bonds is 4. The van der Waals surface area contributed by atoms with E-state index in [4.69, 9.17) is 4.74 Å². The van der Waals surface area contributed by atoms with Crippen molar-refractivity contribution in [2.75, 3.05) is 20.2 Å². The van der Waals surface area contributed by atoms with E-state index >= 15 is 0 Å². The summed E-state index contributed by atoms with van der Waals surface area (Å²) in [6.07, 6.45) is 2.61. The first-order chi connectivity index (χ1) is 8.78. The SMILES string of the molecule is COc1cccc(CC(=O)N[C@H]2CCCNC2)c1.Cl. The molecule has 2 N–H and O–H groups in total. The number of benzene rings is 1. The van der Waals surface area contributed by atoms with Crippen LogP contribution in [0.1, 0.15) is 18.4 Å². The molecule has 1 heterocycles. The third kappa shape index (κ3) is 5.09. The topological polar surface area (TPSA) is 50.4 Å². The van der Waals surface area contributed by atoms with Crippen LogP contribution in [0, 0.1) is 0 Å². The lowest BCUT2D eigenvalue weighted by molar-refractivity contribution is -0.121. The summed E-state index contributed by atoms with van der Waals surface area (Å²) in [5, 5.41) is 6.35. The number of halogens is 1. The molecule has 1 saturated heterocycles. The second-order valence-corrected chi connectivity index (χ2v) is 4.64. The van der Waals surface area contributed by atoms with Crippen molar-refractivity contribution in [3.05, 3.63) is 29.8 Å². The summed E-state index contributed by atoms with van der Waals surface area (Å²) in [4.78, 5) is 11.9. The first kappa shape index (κ1) is 15.8. The Hall–Kier alpha value is -1.26. The number of amides is 1. The van der Waals surface area contributed by atoms with E-state index in [1.54, 1.807) is 7.11 Å². The van der Waals surface area contributed by atoms with Gasteiger partial charge in [0.25, 0.3) is 0 Å². The highest BCUT2D eigenvalue weighted by molar-refractivity contribution is 5.85. The fraction of sp³-hybridized carbons (Fsp3) is 0.500. The van der Waals surface area contributed by atoms with Crippen molar-refractivity contribution >= 4 is 18.3 Å². The van der Waals surface area contributed by atoms with Gasteiger partial charge in [0.15, 0.2) is 0 Å². The molecule has 1 aromatic rings. The normalized spacial score (nSPS) is 18.3. The zero-order valence-corrected chi connectivity index (χ0v) is 12.0. The van der Waals surface area contributed by atoms with Crippen LogP contribution >= 0.6 is 12.4 Å². The first-order valence-corrected chi connectivity index (χ1v) is 6.41. The third-order valence-electron chi connectivity index (χ3n) is 3.16. The molecule has 5 heteroatoms. The number of piperidine rings is 1. The molecule has 4 nitrogen and oxygen atoms in total. The summed E-state index contributed by atoms with van der Waals surface area (Å²) in [5.74, 6) is 0.872. The van der Waals surface area contributed by atoms with Gasteiger partial charge in [-0.2, -0.15) is 0 Å². The lowest BCUT2D eigenvalue weighted by Crippen LogP contribution is -2.46. The van der Waals surface area contributed by atoms with E-state index in [1.165, 1.54) is 0 Å². The molecule has 1 aromatic carbocycles. The lowest BCUT2D eigenvalue weighted by Gasteiger charge is -2.23. The molecule has 19 heavy (non-hydrogen) atoms. The second kappa shape index (κ2) is 8.02. The molecule has 0 bridgehead atoms. The van der Waals surface area contributed by atoms with Crippen LogP contribution in [0.2, 0.25) is 0 Å². The Bertz CT molecular complexity index is 406. The molecule has 0 spiro atoms. The number of methoxy groups -OCH3 is 1. The van der Waals surface area contributed by atoms with E-state index in [2.05, 4.69) is 10.6 Å². The summed E-state index contributed by atoms with van der Waals surface area (Å²) >= 11 is 0. The summed E-state index contributed by atoms with van der Waals surface area (Å²) in [7, 11) is 1.63. The maximum Gasteiger partial charge on any atom is 0.224 e.